The number of aliphatic hydroxyl groups is 6. The lowest BCUT2D eigenvalue weighted by molar-refractivity contribution is -0.328. The molecule has 2 fully saturated rings. The highest BCUT2D eigenvalue weighted by Gasteiger charge is 2.49. The van der Waals surface area contributed by atoms with Crippen LogP contribution in [0.15, 0.2) is 0 Å². The molecule has 1 heterocycles. The molecule has 0 unspecified atom stereocenters. The minimum absolute atomic E-state index is 0.104. The second-order valence-corrected chi connectivity index (χ2v) is 7.80. The number of hydrogen-bond donors (Lipinski definition) is 6. The minimum Gasteiger partial charge on any atom is -0.394 e. The van der Waals surface area contributed by atoms with E-state index in [0.717, 1.165) is 0 Å². The zero-order chi connectivity index (χ0) is 18.3. The molecule has 0 radical (unpaired) electrons. The molecule has 0 amide bonds. The average molecular weight is 350 g/mol. The first-order valence-electron chi connectivity index (χ1n) is 8.38. The van der Waals surface area contributed by atoms with Gasteiger partial charge in [-0.15, -0.1) is 0 Å². The molecule has 8 nitrogen and oxygen atoms in total. The number of aliphatic hydroxyl groups excluding tert-OH is 4. The lowest BCUT2D eigenvalue weighted by Gasteiger charge is -2.47. The third-order valence-electron chi connectivity index (χ3n) is 5.34. The lowest BCUT2D eigenvalue weighted by atomic mass is 9.71. The quantitative estimate of drug-likeness (QED) is 0.360. The van der Waals surface area contributed by atoms with Gasteiger partial charge in [0.2, 0.25) is 0 Å². The van der Waals surface area contributed by atoms with Crippen LogP contribution >= 0.6 is 0 Å². The Kier molecular flexibility index (Phi) is 5.94. The van der Waals surface area contributed by atoms with Crippen LogP contribution in [0.1, 0.15) is 40.0 Å². The Bertz CT molecular complexity index is 419. The Morgan fingerprint density at radius 3 is 2.33 bits per heavy atom. The predicted molar refractivity (Wildman–Crippen MR) is 82.9 cm³/mol. The van der Waals surface area contributed by atoms with E-state index in [4.69, 9.17) is 9.47 Å². The van der Waals surface area contributed by atoms with E-state index in [1.807, 2.05) is 0 Å². The standard InChI is InChI=1S/C16H30O8/c1-15(2,21)8-4-5-16(3,22)10(6-8)24-14-13(20)12(19)11(18)9(7-17)23-14/h8-14,17-22H,4-7H2,1-3H3/t8-,9-,10+,11-,12+,13-,14+,16+/m1/s1. The van der Waals surface area contributed by atoms with Crippen molar-refractivity contribution in [1.82, 2.24) is 0 Å². The summed E-state index contributed by atoms with van der Waals surface area (Å²) in [7, 11) is 0. The molecule has 2 rings (SSSR count). The molecule has 6 N–H and O–H groups in total. The van der Waals surface area contributed by atoms with Crippen LogP contribution in [0.4, 0.5) is 0 Å². The molecule has 0 aromatic heterocycles. The van der Waals surface area contributed by atoms with Crippen LogP contribution in [-0.2, 0) is 9.47 Å². The van der Waals surface area contributed by atoms with Crippen LogP contribution in [-0.4, -0.2) is 85.3 Å². The van der Waals surface area contributed by atoms with Gasteiger partial charge >= 0.3 is 0 Å². The molecule has 0 aromatic carbocycles. The summed E-state index contributed by atoms with van der Waals surface area (Å²) in [5, 5.41) is 59.7. The van der Waals surface area contributed by atoms with Crippen molar-refractivity contribution >= 4 is 0 Å². The van der Waals surface area contributed by atoms with Crippen LogP contribution in [0.3, 0.4) is 0 Å². The summed E-state index contributed by atoms with van der Waals surface area (Å²) < 4.78 is 11.1. The molecular formula is C16H30O8. The van der Waals surface area contributed by atoms with E-state index in [2.05, 4.69) is 0 Å². The van der Waals surface area contributed by atoms with E-state index < -0.39 is 54.6 Å². The number of rotatable bonds is 4. The first kappa shape index (κ1) is 20.0. The van der Waals surface area contributed by atoms with E-state index in [1.54, 1.807) is 20.8 Å². The molecule has 1 aliphatic carbocycles. The van der Waals surface area contributed by atoms with Gasteiger partial charge in [-0.25, -0.2) is 0 Å². The van der Waals surface area contributed by atoms with Crippen LogP contribution < -0.4 is 0 Å². The minimum atomic E-state index is -1.53. The van der Waals surface area contributed by atoms with Crippen molar-refractivity contribution in [2.24, 2.45) is 5.92 Å². The zero-order valence-electron chi connectivity index (χ0n) is 14.4. The Hall–Kier alpha value is -0.320. The van der Waals surface area contributed by atoms with E-state index in [-0.39, 0.29) is 5.92 Å². The Balaban J connectivity index is 2.11. The Morgan fingerprint density at radius 2 is 1.79 bits per heavy atom. The molecule has 0 bridgehead atoms. The highest BCUT2D eigenvalue weighted by atomic mass is 16.7. The van der Waals surface area contributed by atoms with Crippen molar-refractivity contribution < 1.29 is 40.1 Å². The smallest absolute Gasteiger partial charge is 0.187 e. The maximum Gasteiger partial charge on any atom is 0.187 e. The van der Waals surface area contributed by atoms with Gasteiger partial charge in [-0.2, -0.15) is 0 Å². The van der Waals surface area contributed by atoms with E-state index in [9.17, 15) is 30.6 Å². The molecule has 8 heteroatoms. The van der Waals surface area contributed by atoms with E-state index in [0.29, 0.717) is 19.3 Å². The maximum atomic E-state index is 10.6. The van der Waals surface area contributed by atoms with Gasteiger partial charge in [0.05, 0.1) is 23.9 Å². The lowest BCUT2D eigenvalue weighted by Crippen LogP contribution is -2.61. The van der Waals surface area contributed by atoms with Gasteiger partial charge in [-0.05, 0) is 46.0 Å². The second-order valence-electron chi connectivity index (χ2n) is 7.80. The van der Waals surface area contributed by atoms with Gasteiger partial charge in [-0.3, -0.25) is 0 Å². The molecule has 1 saturated carbocycles. The molecule has 24 heavy (non-hydrogen) atoms. The van der Waals surface area contributed by atoms with Crippen molar-refractivity contribution in [3.8, 4) is 0 Å². The molecule has 0 spiro atoms. The van der Waals surface area contributed by atoms with Crippen molar-refractivity contribution in [2.75, 3.05) is 6.61 Å². The van der Waals surface area contributed by atoms with Crippen LogP contribution in [0.25, 0.3) is 0 Å². The third kappa shape index (κ3) is 4.08. The molecule has 2 aliphatic rings. The zero-order valence-corrected chi connectivity index (χ0v) is 14.4. The Labute approximate surface area is 141 Å². The second kappa shape index (κ2) is 7.13. The summed E-state index contributed by atoms with van der Waals surface area (Å²) in [5.41, 5.74) is -2.12. The van der Waals surface area contributed by atoms with Gasteiger partial charge in [0, 0.05) is 0 Å². The summed E-state index contributed by atoms with van der Waals surface area (Å²) in [5.74, 6) is -0.104. The van der Waals surface area contributed by atoms with Crippen LogP contribution in [0, 0.1) is 5.92 Å². The number of hydrogen-bond acceptors (Lipinski definition) is 8. The van der Waals surface area contributed by atoms with Gasteiger partial charge < -0.3 is 40.1 Å². The van der Waals surface area contributed by atoms with Gasteiger partial charge in [0.15, 0.2) is 6.29 Å². The monoisotopic (exact) mass is 350 g/mol. The average Bonchev–Trinajstić information content (AvgIpc) is 2.48. The van der Waals surface area contributed by atoms with E-state index >= 15 is 0 Å². The largest absolute Gasteiger partial charge is 0.394 e. The summed E-state index contributed by atoms with van der Waals surface area (Å²) in [6, 6.07) is 0. The molecule has 142 valence electrons. The van der Waals surface area contributed by atoms with Gasteiger partial charge in [-0.1, -0.05) is 0 Å². The first-order valence-corrected chi connectivity index (χ1v) is 8.38. The van der Waals surface area contributed by atoms with Crippen molar-refractivity contribution in [2.45, 2.75) is 88.0 Å². The predicted octanol–water partition coefficient (Wildman–Crippen LogP) is -1.51. The topological polar surface area (TPSA) is 140 Å². The van der Waals surface area contributed by atoms with Crippen molar-refractivity contribution in [3.63, 3.8) is 0 Å². The van der Waals surface area contributed by atoms with Crippen LogP contribution in [0.5, 0.6) is 0 Å². The molecule has 0 aromatic rings. The summed E-state index contributed by atoms with van der Waals surface area (Å²) in [6.07, 6.45) is -6.20. The summed E-state index contributed by atoms with van der Waals surface area (Å²) >= 11 is 0. The SMILES string of the molecule is CC(C)(O)[C@@H]1CC[C@](C)(O)[C@@H](O[C@@H]2O[C@H](CO)[C@@H](O)[C@H](O)[C@H]2O)C1. The number of ether oxygens (including phenoxy) is 2. The van der Waals surface area contributed by atoms with Crippen LogP contribution in [0.2, 0.25) is 0 Å². The summed E-state index contributed by atoms with van der Waals surface area (Å²) in [6.45, 7) is 4.46. The van der Waals surface area contributed by atoms with Crippen molar-refractivity contribution in [1.29, 1.82) is 0 Å². The molecular weight excluding hydrogens is 320 g/mol. The normalized spacial score (nSPS) is 47.6. The molecule has 1 saturated heterocycles. The third-order valence-corrected chi connectivity index (χ3v) is 5.34. The van der Waals surface area contributed by atoms with Gasteiger partial charge in [0.25, 0.3) is 0 Å². The molecule has 1 aliphatic heterocycles. The Morgan fingerprint density at radius 1 is 1.17 bits per heavy atom. The fraction of sp³-hybridized carbons (Fsp3) is 1.00. The maximum absolute atomic E-state index is 10.6. The summed E-state index contributed by atoms with van der Waals surface area (Å²) in [4.78, 5) is 0. The fourth-order valence-electron chi connectivity index (χ4n) is 3.44. The first-order chi connectivity index (χ1) is 11.0. The molecule has 8 atom stereocenters. The van der Waals surface area contributed by atoms with Crippen molar-refractivity contribution in [3.05, 3.63) is 0 Å². The van der Waals surface area contributed by atoms with Gasteiger partial charge in [0.1, 0.15) is 24.4 Å². The highest BCUT2D eigenvalue weighted by Crippen LogP contribution is 2.40. The highest BCUT2D eigenvalue weighted by molar-refractivity contribution is 4.96. The van der Waals surface area contributed by atoms with E-state index in [1.165, 1.54) is 0 Å². The fourth-order valence-corrected chi connectivity index (χ4v) is 3.44.